The second-order valence-corrected chi connectivity index (χ2v) is 8.82. The van der Waals surface area contributed by atoms with Gasteiger partial charge in [-0.15, -0.1) is 0 Å². The highest BCUT2D eigenvalue weighted by Crippen LogP contribution is 2.21. The number of primary sulfonamides is 1. The van der Waals surface area contributed by atoms with E-state index in [1.807, 2.05) is 55.5 Å². The van der Waals surface area contributed by atoms with Gasteiger partial charge in [0.2, 0.25) is 10.0 Å². The van der Waals surface area contributed by atoms with Crippen LogP contribution >= 0.6 is 0 Å². The second-order valence-electron chi connectivity index (χ2n) is 7.29. The van der Waals surface area contributed by atoms with Crippen LogP contribution < -0.4 is 5.14 Å². The minimum absolute atomic E-state index is 0.0424. The van der Waals surface area contributed by atoms with Crippen LogP contribution in [0.3, 0.4) is 0 Å². The van der Waals surface area contributed by atoms with E-state index in [2.05, 4.69) is 0 Å². The van der Waals surface area contributed by atoms with Gasteiger partial charge in [0.05, 0.1) is 12.6 Å². The highest BCUT2D eigenvalue weighted by atomic mass is 32.2. The summed E-state index contributed by atoms with van der Waals surface area (Å²) in [4.78, 5) is 13.9. The average Bonchev–Trinajstić information content (AvgIpc) is 2.73. The van der Waals surface area contributed by atoms with Crippen molar-refractivity contribution in [2.45, 2.75) is 24.5 Å². The number of amides is 1. The minimum Gasteiger partial charge on any atom is -0.387 e. The van der Waals surface area contributed by atoms with Crippen molar-refractivity contribution in [1.29, 1.82) is 0 Å². The van der Waals surface area contributed by atoms with Gasteiger partial charge >= 0.3 is 0 Å². The molecule has 0 aliphatic carbocycles. The molecule has 3 aromatic rings. The molecule has 0 aliphatic heterocycles. The molecule has 0 bridgehead atoms. The third-order valence-electron chi connectivity index (χ3n) is 4.81. The SMILES string of the molecule is Cc1cccc(C(O)CN(Cc2ccccc2)C(=O)c2ccc(F)c(S(N)(=O)=O)c2)c1. The lowest BCUT2D eigenvalue weighted by molar-refractivity contribution is 0.0603. The van der Waals surface area contributed by atoms with Gasteiger partial charge in [-0.25, -0.2) is 17.9 Å². The van der Waals surface area contributed by atoms with Gasteiger partial charge in [-0.3, -0.25) is 4.79 Å². The Balaban J connectivity index is 1.95. The summed E-state index contributed by atoms with van der Waals surface area (Å²) in [5.41, 5.74) is 2.39. The van der Waals surface area contributed by atoms with Crippen LogP contribution in [0.4, 0.5) is 4.39 Å². The van der Waals surface area contributed by atoms with E-state index in [1.54, 1.807) is 6.07 Å². The summed E-state index contributed by atoms with van der Waals surface area (Å²) in [5, 5.41) is 15.8. The first-order valence-corrected chi connectivity index (χ1v) is 11.1. The number of carbonyl (C=O) groups excluding carboxylic acids is 1. The number of benzene rings is 3. The largest absolute Gasteiger partial charge is 0.387 e. The quantitative estimate of drug-likeness (QED) is 0.587. The Morgan fingerprint density at radius 3 is 2.42 bits per heavy atom. The minimum atomic E-state index is -4.34. The first-order valence-electron chi connectivity index (χ1n) is 9.55. The Labute approximate surface area is 180 Å². The van der Waals surface area contributed by atoms with Crippen LogP contribution in [0.15, 0.2) is 77.7 Å². The third-order valence-corrected chi connectivity index (χ3v) is 5.73. The van der Waals surface area contributed by atoms with Crippen LogP contribution in [0.5, 0.6) is 0 Å². The number of rotatable bonds is 7. The number of nitrogens with zero attached hydrogens (tertiary/aromatic N) is 1. The normalized spacial score (nSPS) is 12.4. The maximum absolute atomic E-state index is 13.9. The summed E-state index contributed by atoms with van der Waals surface area (Å²) in [6.45, 7) is 2.03. The Morgan fingerprint density at radius 2 is 1.77 bits per heavy atom. The fourth-order valence-electron chi connectivity index (χ4n) is 3.25. The van der Waals surface area contributed by atoms with Gasteiger partial charge in [0, 0.05) is 12.1 Å². The molecule has 0 fully saturated rings. The van der Waals surface area contributed by atoms with Crippen LogP contribution in [0.25, 0.3) is 0 Å². The summed E-state index contributed by atoms with van der Waals surface area (Å²) in [6, 6.07) is 19.5. The monoisotopic (exact) mass is 442 g/mol. The van der Waals surface area contributed by atoms with Crippen molar-refractivity contribution in [3.63, 3.8) is 0 Å². The van der Waals surface area contributed by atoms with Gasteiger partial charge in [-0.1, -0.05) is 60.2 Å². The molecule has 1 atom stereocenters. The zero-order valence-corrected chi connectivity index (χ0v) is 17.7. The van der Waals surface area contributed by atoms with E-state index < -0.39 is 32.7 Å². The van der Waals surface area contributed by atoms with Crippen molar-refractivity contribution < 1.29 is 22.7 Å². The van der Waals surface area contributed by atoms with Crippen LogP contribution in [0, 0.1) is 12.7 Å². The molecule has 0 spiro atoms. The number of aryl methyl sites for hydroxylation is 1. The standard InChI is InChI=1S/C23H23FN2O4S/c1-16-6-5-9-18(12-16)21(27)15-26(14-17-7-3-2-4-8-17)23(28)19-10-11-20(24)22(13-19)31(25,29)30/h2-13,21,27H,14-15H2,1H3,(H2,25,29,30). The van der Waals surface area contributed by atoms with Crippen molar-refractivity contribution in [2.24, 2.45) is 5.14 Å². The molecule has 8 heteroatoms. The number of hydrogen-bond acceptors (Lipinski definition) is 4. The Kier molecular flexibility index (Phi) is 6.84. The highest BCUT2D eigenvalue weighted by molar-refractivity contribution is 7.89. The van der Waals surface area contributed by atoms with Gasteiger partial charge in [-0.2, -0.15) is 0 Å². The molecule has 0 aromatic heterocycles. The first-order chi connectivity index (χ1) is 14.6. The molecule has 162 valence electrons. The summed E-state index contributed by atoms with van der Waals surface area (Å²) in [6.07, 6.45) is -0.967. The van der Waals surface area contributed by atoms with Crippen LogP contribution in [-0.2, 0) is 16.6 Å². The maximum atomic E-state index is 13.9. The molecule has 3 aromatic carbocycles. The Morgan fingerprint density at radius 1 is 1.06 bits per heavy atom. The van der Waals surface area contributed by atoms with Gasteiger partial charge in [0.15, 0.2) is 0 Å². The van der Waals surface area contributed by atoms with E-state index in [4.69, 9.17) is 5.14 Å². The average molecular weight is 443 g/mol. The maximum Gasteiger partial charge on any atom is 0.254 e. The van der Waals surface area contributed by atoms with E-state index in [0.29, 0.717) is 5.56 Å². The summed E-state index contributed by atoms with van der Waals surface area (Å²) >= 11 is 0. The number of aliphatic hydroxyl groups excluding tert-OH is 1. The molecular weight excluding hydrogens is 419 g/mol. The van der Waals surface area contributed by atoms with E-state index in [0.717, 1.165) is 23.3 Å². The van der Waals surface area contributed by atoms with Crippen LogP contribution in [-0.4, -0.2) is 30.9 Å². The Hall–Kier alpha value is -3.07. The molecule has 6 nitrogen and oxygen atoms in total. The second kappa shape index (κ2) is 9.38. The van der Waals surface area contributed by atoms with Crippen molar-refractivity contribution in [1.82, 2.24) is 4.90 Å². The molecule has 0 aliphatic rings. The van der Waals surface area contributed by atoms with E-state index in [1.165, 1.54) is 11.0 Å². The van der Waals surface area contributed by atoms with E-state index in [-0.39, 0.29) is 18.7 Å². The first kappa shape index (κ1) is 22.6. The van der Waals surface area contributed by atoms with Gasteiger partial charge < -0.3 is 10.0 Å². The molecule has 31 heavy (non-hydrogen) atoms. The van der Waals surface area contributed by atoms with Crippen molar-refractivity contribution in [2.75, 3.05) is 6.54 Å². The fourth-order valence-corrected chi connectivity index (χ4v) is 3.88. The fraction of sp³-hybridized carbons (Fsp3) is 0.174. The highest BCUT2D eigenvalue weighted by Gasteiger charge is 2.23. The number of nitrogens with two attached hydrogens (primary N) is 1. The van der Waals surface area contributed by atoms with Crippen LogP contribution in [0.1, 0.15) is 33.2 Å². The number of halogens is 1. The topological polar surface area (TPSA) is 101 Å². The molecule has 0 saturated carbocycles. The Bertz CT molecular complexity index is 1180. The van der Waals surface area contributed by atoms with Crippen molar-refractivity contribution in [3.8, 4) is 0 Å². The molecule has 0 saturated heterocycles. The zero-order valence-electron chi connectivity index (χ0n) is 16.9. The molecule has 0 heterocycles. The third kappa shape index (κ3) is 5.75. The van der Waals surface area contributed by atoms with Crippen molar-refractivity contribution in [3.05, 3.63) is 101 Å². The summed E-state index contributed by atoms with van der Waals surface area (Å²) in [7, 11) is -4.34. The molecule has 1 amide bonds. The number of hydrogen-bond donors (Lipinski definition) is 2. The predicted octanol–water partition coefficient (Wildman–Crippen LogP) is 3.16. The smallest absolute Gasteiger partial charge is 0.254 e. The van der Waals surface area contributed by atoms with E-state index >= 15 is 0 Å². The molecule has 3 N–H and O–H groups in total. The number of aliphatic hydroxyl groups is 1. The summed E-state index contributed by atoms with van der Waals surface area (Å²) < 4.78 is 37.2. The van der Waals surface area contributed by atoms with E-state index in [9.17, 15) is 22.7 Å². The zero-order chi connectivity index (χ0) is 22.6. The number of sulfonamides is 1. The molecule has 1 unspecified atom stereocenters. The lowest BCUT2D eigenvalue weighted by atomic mass is 10.1. The summed E-state index contributed by atoms with van der Waals surface area (Å²) in [5.74, 6) is -1.59. The lowest BCUT2D eigenvalue weighted by Gasteiger charge is -2.26. The number of carbonyl (C=O) groups is 1. The van der Waals surface area contributed by atoms with Crippen molar-refractivity contribution >= 4 is 15.9 Å². The lowest BCUT2D eigenvalue weighted by Crippen LogP contribution is -2.34. The molecular formula is C23H23FN2O4S. The van der Waals surface area contributed by atoms with Gasteiger partial charge in [0.25, 0.3) is 5.91 Å². The van der Waals surface area contributed by atoms with Gasteiger partial charge in [-0.05, 0) is 36.2 Å². The predicted molar refractivity (Wildman–Crippen MR) is 115 cm³/mol. The van der Waals surface area contributed by atoms with Crippen LogP contribution in [0.2, 0.25) is 0 Å². The molecule has 3 rings (SSSR count). The van der Waals surface area contributed by atoms with Gasteiger partial charge in [0.1, 0.15) is 10.7 Å². The molecule has 0 radical (unpaired) electrons.